The second-order valence-electron chi connectivity index (χ2n) is 2.50. The third-order valence-corrected chi connectivity index (χ3v) is 1.59. The summed E-state index contributed by atoms with van der Waals surface area (Å²) in [5.74, 6) is 0.310. The van der Waals surface area contributed by atoms with Gasteiger partial charge in [-0.3, -0.25) is 4.79 Å². The van der Waals surface area contributed by atoms with Gasteiger partial charge in [-0.1, -0.05) is 17.3 Å². The Labute approximate surface area is 80.7 Å². The van der Waals surface area contributed by atoms with Crippen molar-refractivity contribution in [1.82, 2.24) is 0 Å². The fourth-order valence-electron chi connectivity index (χ4n) is 0.952. The monoisotopic (exact) mass is 191 g/mol. The van der Waals surface area contributed by atoms with Gasteiger partial charge in [0.2, 0.25) is 0 Å². The lowest BCUT2D eigenvalue weighted by Gasteiger charge is -1.86. The number of carbonyl (C=O) groups excluding carboxylic acids is 1. The van der Waals surface area contributed by atoms with Crippen molar-refractivity contribution in [2.45, 2.75) is 6.42 Å². The number of nitrogens with zero attached hydrogens (tertiary/aromatic N) is 3. The molecule has 72 valence electrons. The topological polar surface area (TPSA) is 79.0 Å². The van der Waals surface area contributed by atoms with Crippen molar-refractivity contribution in [2.24, 2.45) is 5.11 Å². The fourth-order valence-corrected chi connectivity index (χ4v) is 0.952. The van der Waals surface area contributed by atoms with Crippen molar-refractivity contribution in [2.75, 3.05) is 6.54 Å². The van der Waals surface area contributed by atoms with Gasteiger partial charge in [-0.15, -0.1) is 0 Å². The number of hydrogen-bond donors (Lipinski definition) is 0. The van der Waals surface area contributed by atoms with E-state index < -0.39 is 0 Å². The minimum absolute atomic E-state index is 0.310. The summed E-state index contributed by atoms with van der Waals surface area (Å²) < 4.78 is 4.89. The summed E-state index contributed by atoms with van der Waals surface area (Å²) in [6.45, 7) is 0.418. The first-order chi connectivity index (χ1) is 6.88. The number of azide groups is 1. The normalized spacial score (nSPS) is 10.0. The molecule has 1 aromatic rings. The Balaban J connectivity index is 2.51. The molecule has 0 unspecified atom stereocenters. The van der Waals surface area contributed by atoms with Crippen LogP contribution in [0.3, 0.4) is 0 Å². The molecule has 0 amide bonds. The minimum atomic E-state index is 0.310. The van der Waals surface area contributed by atoms with Crippen molar-refractivity contribution in [1.29, 1.82) is 0 Å². The summed E-state index contributed by atoms with van der Waals surface area (Å²) in [5.41, 5.74) is 8.74. The highest BCUT2D eigenvalue weighted by Crippen LogP contribution is 2.10. The van der Waals surface area contributed by atoms with E-state index in [9.17, 15) is 4.79 Å². The average molecular weight is 191 g/mol. The van der Waals surface area contributed by atoms with Gasteiger partial charge in [-0.2, -0.15) is 0 Å². The van der Waals surface area contributed by atoms with Crippen LogP contribution in [0.15, 0.2) is 27.9 Å². The third kappa shape index (κ3) is 2.80. The molecule has 1 rings (SSSR count). The zero-order valence-electron chi connectivity index (χ0n) is 7.46. The highest BCUT2D eigenvalue weighted by molar-refractivity contribution is 5.77. The first-order valence-electron chi connectivity index (χ1n) is 4.08. The predicted molar refractivity (Wildman–Crippen MR) is 51.8 cm³/mol. The molecule has 0 bridgehead atoms. The summed E-state index contributed by atoms with van der Waals surface area (Å²) in [6.07, 6.45) is 6.35. The Morgan fingerprint density at radius 3 is 3.21 bits per heavy atom. The van der Waals surface area contributed by atoms with E-state index in [-0.39, 0.29) is 0 Å². The van der Waals surface area contributed by atoms with Crippen LogP contribution in [0.2, 0.25) is 0 Å². The Kier molecular flexibility index (Phi) is 4.04. The second kappa shape index (κ2) is 5.61. The van der Waals surface area contributed by atoms with Gasteiger partial charge in [0, 0.05) is 17.0 Å². The van der Waals surface area contributed by atoms with E-state index in [4.69, 9.17) is 9.95 Å². The van der Waals surface area contributed by atoms with Crippen LogP contribution in [-0.4, -0.2) is 12.8 Å². The van der Waals surface area contributed by atoms with E-state index >= 15 is 0 Å². The Hall–Kier alpha value is -2.00. The van der Waals surface area contributed by atoms with Crippen LogP contribution >= 0.6 is 0 Å². The SMILES string of the molecule is [N-]=[N+]=NCCC=Cc1ccoc1C=O. The largest absolute Gasteiger partial charge is 0.461 e. The van der Waals surface area contributed by atoms with Crippen LogP contribution in [-0.2, 0) is 0 Å². The van der Waals surface area contributed by atoms with Gasteiger partial charge in [0.15, 0.2) is 12.0 Å². The van der Waals surface area contributed by atoms with Gasteiger partial charge < -0.3 is 4.42 Å². The highest BCUT2D eigenvalue weighted by Gasteiger charge is 1.99. The van der Waals surface area contributed by atoms with Gasteiger partial charge in [-0.25, -0.2) is 0 Å². The Bertz CT molecular complexity index is 375. The standard InChI is InChI=1S/C9H9N3O2/c10-12-11-5-2-1-3-8-4-6-14-9(8)7-13/h1,3-4,6-7H,2,5H2. The maximum Gasteiger partial charge on any atom is 0.185 e. The van der Waals surface area contributed by atoms with Crippen molar-refractivity contribution >= 4 is 12.4 Å². The molecule has 0 aliphatic heterocycles. The molecule has 5 nitrogen and oxygen atoms in total. The molecule has 0 aromatic carbocycles. The average Bonchev–Trinajstić information content (AvgIpc) is 2.65. The molecule has 14 heavy (non-hydrogen) atoms. The summed E-state index contributed by atoms with van der Waals surface area (Å²) >= 11 is 0. The fraction of sp³-hybridized carbons (Fsp3) is 0.222. The van der Waals surface area contributed by atoms with Gasteiger partial charge >= 0.3 is 0 Å². The minimum Gasteiger partial charge on any atom is -0.461 e. The van der Waals surface area contributed by atoms with Gasteiger partial charge in [0.25, 0.3) is 0 Å². The van der Waals surface area contributed by atoms with E-state index in [1.807, 2.05) is 6.08 Å². The van der Waals surface area contributed by atoms with Crippen molar-refractivity contribution < 1.29 is 9.21 Å². The van der Waals surface area contributed by atoms with Crippen molar-refractivity contribution in [3.05, 3.63) is 40.2 Å². The van der Waals surface area contributed by atoms with Gasteiger partial charge in [0.05, 0.1) is 6.26 Å². The molecule has 0 radical (unpaired) electrons. The van der Waals surface area contributed by atoms with Gasteiger partial charge in [0.1, 0.15) is 0 Å². The zero-order chi connectivity index (χ0) is 10.2. The molecule has 0 spiro atoms. The zero-order valence-corrected chi connectivity index (χ0v) is 7.46. The number of furan rings is 1. The maximum atomic E-state index is 10.4. The summed E-state index contributed by atoms with van der Waals surface area (Å²) in [6, 6.07) is 1.70. The molecule has 1 heterocycles. The van der Waals surface area contributed by atoms with Crippen LogP contribution in [0.1, 0.15) is 22.5 Å². The first-order valence-corrected chi connectivity index (χ1v) is 4.08. The summed E-state index contributed by atoms with van der Waals surface area (Å²) in [4.78, 5) is 13.0. The molecule has 0 aliphatic rings. The van der Waals surface area contributed by atoms with Crippen molar-refractivity contribution in [3.63, 3.8) is 0 Å². The second-order valence-corrected chi connectivity index (χ2v) is 2.50. The molecule has 0 atom stereocenters. The molecule has 0 fully saturated rings. The lowest BCUT2D eigenvalue weighted by Crippen LogP contribution is -1.78. The number of carbonyl (C=O) groups is 1. The van der Waals surface area contributed by atoms with Gasteiger partial charge in [-0.05, 0) is 18.0 Å². The third-order valence-electron chi connectivity index (χ3n) is 1.59. The molecule has 1 aromatic heterocycles. The Morgan fingerprint density at radius 2 is 2.50 bits per heavy atom. The summed E-state index contributed by atoms with van der Waals surface area (Å²) in [5, 5.41) is 3.37. The van der Waals surface area contributed by atoms with E-state index in [1.54, 1.807) is 12.1 Å². The smallest absolute Gasteiger partial charge is 0.185 e. The number of aldehydes is 1. The lowest BCUT2D eigenvalue weighted by molar-refractivity contribution is 0.110. The predicted octanol–water partition coefficient (Wildman–Crippen LogP) is 2.81. The van der Waals surface area contributed by atoms with E-state index in [0.29, 0.717) is 25.0 Å². The van der Waals surface area contributed by atoms with Crippen LogP contribution in [0.4, 0.5) is 0 Å². The highest BCUT2D eigenvalue weighted by atomic mass is 16.3. The molecular formula is C9H9N3O2. The maximum absolute atomic E-state index is 10.4. The molecule has 0 aliphatic carbocycles. The van der Waals surface area contributed by atoms with Crippen LogP contribution < -0.4 is 0 Å². The van der Waals surface area contributed by atoms with Crippen LogP contribution in [0.25, 0.3) is 16.5 Å². The summed E-state index contributed by atoms with van der Waals surface area (Å²) in [7, 11) is 0. The van der Waals surface area contributed by atoms with E-state index in [2.05, 4.69) is 10.0 Å². The molecule has 0 N–H and O–H groups in total. The lowest BCUT2D eigenvalue weighted by atomic mass is 10.2. The van der Waals surface area contributed by atoms with E-state index in [1.165, 1.54) is 6.26 Å². The van der Waals surface area contributed by atoms with E-state index in [0.717, 1.165) is 5.56 Å². The Morgan fingerprint density at radius 1 is 1.64 bits per heavy atom. The number of rotatable bonds is 5. The molecule has 5 heteroatoms. The first kappa shape index (κ1) is 10.1. The van der Waals surface area contributed by atoms with Crippen LogP contribution in [0, 0.1) is 0 Å². The quantitative estimate of drug-likeness (QED) is 0.236. The number of hydrogen-bond acceptors (Lipinski definition) is 3. The molecule has 0 saturated heterocycles. The molecular weight excluding hydrogens is 182 g/mol. The van der Waals surface area contributed by atoms with Crippen LogP contribution in [0.5, 0.6) is 0 Å². The van der Waals surface area contributed by atoms with Crippen molar-refractivity contribution in [3.8, 4) is 0 Å². The molecule has 0 saturated carbocycles.